The molecule has 0 fully saturated rings. The maximum Gasteiger partial charge on any atom is 0.338 e. The fourth-order valence-electron chi connectivity index (χ4n) is 2.07. The minimum Gasteiger partial charge on any atom is -0.504 e. The number of aromatic hydroxyl groups is 2. The van der Waals surface area contributed by atoms with Crippen LogP contribution in [0.3, 0.4) is 0 Å². The molecular weight excluding hydrogens is 312 g/mol. The van der Waals surface area contributed by atoms with Gasteiger partial charge in [0.25, 0.3) is 0 Å². The van der Waals surface area contributed by atoms with Crippen molar-refractivity contribution in [2.24, 2.45) is 0 Å². The third-order valence-electron chi connectivity index (χ3n) is 3.32. The number of rotatable bonds is 4. The number of phenols is 2. The largest absolute Gasteiger partial charge is 0.504 e. The van der Waals surface area contributed by atoms with Gasteiger partial charge in [-0.1, -0.05) is 24.3 Å². The van der Waals surface area contributed by atoms with Gasteiger partial charge in [-0.3, -0.25) is 0 Å². The Morgan fingerprint density at radius 1 is 0.792 bits per heavy atom. The molecule has 0 bridgehead atoms. The summed E-state index contributed by atoms with van der Waals surface area (Å²) in [6, 6.07) is 9.02. The van der Waals surface area contributed by atoms with Crippen LogP contribution >= 0.6 is 0 Å². The maximum atomic E-state index is 11.8. The highest BCUT2D eigenvalue weighted by molar-refractivity contribution is 6.03. The SMILES string of the molecule is COC(=O)c1ccc(C=Cc2ccc(O)c(O)c2)cc1C(=O)OC. The van der Waals surface area contributed by atoms with Gasteiger partial charge >= 0.3 is 11.9 Å². The second-order valence-electron chi connectivity index (χ2n) is 4.87. The third kappa shape index (κ3) is 3.73. The molecule has 0 saturated carbocycles. The lowest BCUT2D eigenvalue weighted by atomic mass is 10.0. The van der Waals surface area contributed by atoms with Crippen molar-refractivity contribution in [2.45, 2.75) is 0 Å². The summed E-state index contributed by atoms with van der Waals surface area (Å²) in [6.07, 6.45) is 3.38. The van der Waals surface area contributed by atoms with Crippen LogP contribution in [0.2, 0.25) is 0 Å². The van der Waals surface area contributed by atoms with E-state index >= 15 is 0 Å². The van der Waals surface area contributed by atoms with Gasteiger partial charge in [0.05, 0.1) is 25.3 Å². The number of carbonyl (C=O) groups is 2. The second-order valence-corrected chi connectivity index (χ2v) is 4.87. The Balaban J connectivity index is 2.37. The molecule has 0 amide bonds. The van der Waals surface area contributed by atoms with Crippen LogP contribution in [0.25, 0.3) is 12.2 Å². The second kappa shape index (κ2) is 7.32. The van der Waals surface area contributed by atoms with Gasteiger partial charge in [0.15, 0.2) is 11.5 Å². The van der Waals surface area contributed by atoms with E-state index in [2.05, 4.69) is 9.47 Å². The molecule has 124 valence electrons. The molecular formula is C18H16O6. The van der Waals surface area contributed by atoms with Gasteiger partial charge in [0.1, 0.15) is 0 Å². The molecule has 6 nitrogen and oxygen atoms in total. The van der Waals surface area contributed by atoms with Crippen LogP contribution in [0.15, 0.2) is 36.4 Å². The van der Waals surface area contributed by atoms with Gasteiger partial charge in [-0.2, -0.15) is 0 Å². The van der Waals surface area contributed by atoms with E-state index in [1.165, 1.54) is 38.5 Å². The lowest BCUT2D eigenvalue weighted by Gasteiger charge is -2.07. The number of methoxy groups -OCH3 is 2. The van der Waals surface area contributed by atoms with E-state index in [1.807, 2.05) is 0 Å². The summed E-state index contributed by atoms with van der Waals surface area (Å²) < 4.78 is 9.34. The fraction of sp³-hybridized carbons (Fsp3) is 0.111. The molecule has 24 heavy (non-hydrogen) atoms. The number of benzene rings is 2. The Kier molecular flexibility index (Phi) is 5.21. The molecule has 0 unspecified atom stereocenters. The van der Waals surface area contributed by atoms with E-state index in [4.69, 9.17) is 0 Å². The summed E-state index contributed by atoms with van der Waals surface area (Å²) in [5.41, 5.74) is 1.52. The molecule has 2 rings (SSSR count). The van der Waals surface area contributed by atoms with Crippen LogP contribution in [0.5, 0.6) is 11.5 Å². The quantitative estimate of drug-likeness (QED) is 0.509. The molecule has 0 aliphatic carbocycles. The molecule has 0 aromatic heterocycles. The van der Waals surface area contributed by atoms with Gasteiger partial charge in [0.2, 0.25) is 0 Å². The summed E-state index contributed by atoms with van der Waals surface area (Å²) in [7, 11) is 2.46. The Bertz CT molecular complexity index is 807. The van der Waals surface area contributed by atoms with Crippen LogP contribution < -0.4 is 0 Å². The van der Waals surface area contributed by atoms with E-state index in [-0.39, 0.29) is 22.6 Å². The van der Waals surface area contributed by atoms with E-state index in [0.29, 0.717) is 11.1 Å². The Hall–Kier alpha value is -3.28. The van der Waals surface area contributed by atoms with Gasteiger partial charge in [-0.25, -0.2) is 9.59 Å². The van der Waals surface area contributed by atoms with Crippen LogP contribution in [-0.4, -0.2) is 36.4 Å². The first kappa shape index (κ1) is 17.1. The van der Waals surface area contributed by atoms with Crippen molar-refractivity contribution in [2.75, 3.05) is 14.2 Å². The average molecular weight is 328 g/mol. The van der Waals surface area contributed by atoms with E-state index in [1.54, 1.807) is 24.3 Å². The van der Waals surface area contributed by atoms with Crippen molar-refractivity contribution in [1.82, 2.24) is 0 Å². The van der Waals surface area contributed by atoms with Crippen LogP contribution in [0.4, 0.5) is 0 Å². The van der Waals surface area contributed by atoms with Crippen LogP contribution in [-0.2, 0) is 9.47 Å². The average Bonchev–Trinajstić information content (AvgIpc) is 2.61. The zero-order chi connectivity index (χ0) is 17.7. The van der Waals surface area contributed by atoms with E-state index in [0.717, 1.165) is 0 Å². The van der Waals surface area contributed by atoms with Gasteiger partial charge in [-0.15, -0.1) is 0 Å². The first-order chi connectivity index (χ1) is 11.5. The predicted molar refractivity (Wildman–Crippen MR) is 87.8 cm³/mol. The van der Waals surface area contributed by atoms with Crippen molar-refractivity contribution in [3.63, 3.8) is 0 Å². The number of carbonyl (C=O) groups excluding carboxylic acids is 2. The van der Waals surface area contributed by atoms with Crippen LogP contribution in [0.1, 0.15) is 31.8 Å². The predicted octanol–water partition coefficient (Wildman–Crippen LogP) is 2.84. The normalized spacial score (nSPS) is 10.6. The monoisotopic (exact) mass is 328 g/mol. The van der Waals surface area contributed by atoms with E-state index < -0.39 is 11.9 Å². The van der Waals surface area contributed by atoms with E-state index in [9.17, 15) is 19.8 Å². The third-order valence-corrected chi connectivity index (χ3v) is 3.32. The van der Waals surface area contributed by atoms with Crippen molar-refractivity contribution in [3.05, 3.63) is 58.7 Å². The molecule has 0 saturated heterocycles. The fourth-order valence-corrected chi connectivity index (χ4v) is 2.07. The minimum atomic E-state index is -0.645. The number of phenolic OH excluding ortho intramolecular Hbond substituents is 2. The van der Waals surface area contributed by atoms with Crippen molar-refractivity contribution in [1.29, 1.82) is 0 Å². The summed E-state index contributed by atoms with van der Waals surface area (Å²) in [5, 5.41) is 18.8. The first-order valence-corrected chi connectivity index (χ1v) is 6.97. The smallest absolute Gasteiger partial charge is 0.338 e. The summed E-state index contributed by atoms with van der Waals surface area (Å²) in [5.74, 6) is -1.71. The Morgan fingerprint density at radius 2 is 1.33 bits per heavy atom. The molecule has 6 heteroatoms. The lowest BCUT2D eigenvalue weighted by Crippen LogP contribution is -2.11. The number of hydrogen-bond donors (Lipinski definition) is 2. The molecule has 0 atom stereocenters. The van der Waals surface area contributed by atoms with Crippen molar-refractivity contribution < 1.29 is 29.3 Å². The zero-order valence-corrected chi connectivity index (χ0v) is 13.1. The van der Waals surface area contributed by atoms with Crippen LogP contribution in [0, 0.1) is 0 Å². The molecule has 2 N–H and O–H groups in total. The molecule has 0 heterocycles. The summed E-state index contributed by atoms with van der Waals surface area (Å²) >= 11 is 0. The molecule has 2 aromatic carbocycles. The maximum absolute atomic E-state index is 11.8. The molecule has 0 aliphatic heterocycles. The highest BCUT2D eigenvalue weighted by atomic mass is 16.5. The standard InChI is InChI=1S/C18H16O6/c1-23-17(21)13-7-5-11(9-14(13)18(22)24-2)3-4-12-6-8-15(19)16(20)10-12/h3-10,19-20H,1-2H3. The highest BCUT2D eigenvalue weighted by Gasteiger charge is 2.18. The van der Waals surface area contributed by atoms with Gasteiger partial charge < -0.3 is 19.7 Å². The summed E-state index contributed by atoms with van der Waals surface area (Å²) in [6.45, 7) is 0. The number of hydrogen-bond acceptors (Lipinski definition) is 6. The highest BCUT2D eigenvalue weighted by Crippen LogP contribution is 2.26. The minimum absolute atomic E-state index is 0.0973. The lowest BCUT2D eigenvalue weighted by molar-refractivity contribution is 0.0555. The number of ether oxygens (including phenoxy) is 2. The molecule has 0 aliphatic rings. The summed E-state index contributed by atoms with van der Waals surface area (Å²) in [4.78, 5) is 23.6. The van der Waals surface area contributed by atoms with Gasteiger partial charge in [-0.05, 0) is 35.4 Å². The Labute approximate surface area is 138 Å². The molecule has 0 radical (unpaired) electrons. The molecule has 2 aromatic rings. The van der Waals surface area contributed by atoms with Crippen molar-refractivity contribution in [3.8, 4) is 11.5 Å². The first-order valence-electron chi connectivity index (χ1n) is 6.97. The topological polar surface area (TPSA) is 93.1 Å². The van der Waals surface area contributed by atoms with Gasteiger partial charge in [0, 0.05) is 0 Å². The molecule has 0 spiro atoms. The number of esters is 2. The Morgan fingerprint density at radius 3 is 1.92 bits per heavy atom. The van der Waals surface area contributed by atoms with Crippen molar-refractivity contribution >= 4 is 24.1 Å². The zero-order valence-electron chi connectivity index (χ0n) is 13.1.